The normalized spacial score (nSPS) is 20.3. The molecule has 1 atom stereocenters. The molecule has 1 fully saturated rings. The number of rotatable bonds is 2. The van der Waals surface area contributed by atoms with E-state index in [4.69, 9.17) is 9.47 Å². The SMILES string of the molecule is COc1c(Br)cc(C2CNCCO2)c(O)c1F. The summed E-state index contributed by atoms with van der Waals surface area (Å²) >= 11 is 3.21. The maximum absolute atomic E-state index is 13.8. The molecule has 0 bridgehead atoms. The molecule has 2 N–H and O–H groups in total. The Morgan fingerprint density at radius 2 is 2.41 bits per heavy atom. The van der Waals surface area contributed by atoms with E-state index in [1.807, 2.05) is 0 Å². The van der Waals surface area contributed by atoms with E-state index in [1.54, 1.807) is 6.07 Å². The molecule has 1 aromatic rings. The maximum atomic E-state index is 13.8. The molecule has 1 heterocycles. The lowest BCUT2D eigenvalue weighted by atomic mass is 10.1. The third-order valence-electron chi connectivity index (χ3n) is 2.66. The summed E-state index contributed by atoms with van der Waals surface area (Å²) in [7, 11) is 1.35. The van der Waals surface area contributed by atoms with Gasteiger partial charge in [-0.1, -0.05) is 0 Å². The summed E-state index contributed by atoms with van der Waals surface area (Å²) in [6.07, 6.45) is -0.347. The molecule has 1 unspecified atom stereocenters. The Balaban J connectivity index is 2.40. The number of phenolic OH excluding ortho intramolecular Hbond substituents is 1. The second kappa shape index (κ2) is 5.20. The zero-order chi connectivity index (χ0) is 12.4. The van der Waals surface area contributed by atoms with Crippen molar-refractivity contribution in [3.8, 4) is 11.5 Å². The van der Waals surface area contributed by atoms with Gasteiger partial charge in [-0.3, -0.25) is 0 Å². The molecule has 6 heteroatoms. The summed E-state index contributed by atoms with van der Waals surface area (Å²) in [4.78, 5) is 0. The fraction of sp³-hybridized carbons (Fsp3) is 0.455. The minimum absolute atomic E-state index is 0.00461. The first-order valence-electron chi connectivity index (χ1n) is 5.22. The van der Waals surface area contributed by atoms with Gasteiger partial charge in [-0.05, 0) is 22.0 Å². The fourth-order valence-electron chi connectivity index (χ4n) is 1.81. The first-order chi connectivity index (χ1) is 8.15. The Morgan fingerprint density at radius 1 is 1.65 bits per heavy atom. The van der Waals surface area contributed by atoms with Crippen molar-refractivity contribution in [2.75, 3.05) is 26.8 Å². The Hall–Kier alpha value is -0.850. The minimum Gasteiger partial charge on any atom is -0.504 e. The second-order valence-electron chi connectivity index (χ2n) is 3.71. The number of ether oxygens (including phenoxy) is 2. The van der Waals surface area contributed by atoms with Crippen LogP contribution in [0, 0.1) is 5.82 Å². The van der Waals surface area contributed by atoms with Gasteiger partial charge in [0, 0.05) is 18.7 Å². The molecule has 0 spiro atoms. The van der Waals surface area contributed by atoms with Gasteiger partial charge in [-0.25, -0.2) is 0 Å². The third kappa shape index (κ3) is 2.38. The molecular formula is C11H13BrFNO3. The average molecular weight is 306 g/mol. The number of aromatic hydroxyl groups is 1. The summed E-state index contributed by atoms with van der Waals surface area (Å²) in [5.41, 5.74) is 0.419. The molecular weight excluding hydrogens is 293 g/mol. The molecule has 0 aromatic heterocycles. The van der Waals surface area contributed by atoms with Crippen LogP contribution < -0.4 is 10.1 Å². The molecule has 2 rings (SSSR count). The zero-order valence-corrected chi connectivity index (χ0v) is 10.9. The third-order valence-corrected chi connectivity index (χ3v) is 3.25. The number of phenols is 1. The van der Waals surface area contributed by atoms with Crippen molar-refractivity contribution in [1.82, 2.24) is 5.32 Å². The highest BCUT2D eigenvalue weighted by atomic mass is 79.9. The molecule has 17 heavy (non-hydrogen) atoms. The molecule has 0 saturated carbocycles. The summed E-state index contributed by atoms with van der Waals surface area (Å²) in [5, 5.41) is 12.9. The van der Waals surface area contributed by atoms with E-state index < -0.39 is 11.6 Å². The molecule has 1 aliphatic rings. The van der Waals surface area contributed by atoms with E-state index >= 15 is 0 Å². The summed E-state index contributed by atoms with van der Waals surface area (Å²) in [6, 6.07) is 1.62. The quantitative estimate of drug-likeness (QED) is 0.877. The fourth-order valence-corrected chi connectivity index (χ4v) is 2.39. The topological polar surface area (TPSA) is 50.7 Å². The monoisotopic (exact) mass is 305 g/mol. The van der Waals surface area contributed by atoms with E-state index in [-0.39, 0.29) is 11.9 Å². The number of halogens is 2. The lowest BCUT2D eigenvalue weighted by molar-refractivity contribution is 0.0259. The second-order valence-corrected chi connectivity index (χ2v) is 4.56. The molecule has 0 amide bonds. The van der Waals surface area contributed by atoms with Crippen LogP contribution in [0.2, 0.25) is 0 Å². The van der Waals surface area contributed by atoms with Crippen LogP contribution in [0.25, 0.3) is 0 Å². The van der Waals surface area contributed by atoms with E-state index in [9.17, 15) is 9.50 Å². The van der Waals surface area contributed by atoms with Crippen molar-refractivity contribution in [2.24, 2.45) is 0 Å². The lowest BCUT2D eigenvalue weighted by Gasteiger charge is -2.25. The molecule has 1 aromatic carbocycles. The van der Waals surface area contributed by atoms with Crippen molar-refractivity contribution in [2.45, 2.75) is 6.10 Å². The van der Waals surface area contributed by atoms with E-state index in [2.05, 4.69) is 21.2 Å². The van der Waals surface area contributed by atoms with E-state index in [0.717, 1.165) is 6.54 Å². The standard InChI is InChI=1S/C11H13BrFNO3/c1-16-11-7(12)4-6(10(15)9(11)13)8-5-14-2-3-17-8/h4,8,14-15H,2-3,5H2,1H3. The summed E-state index contributed by atoms with van der Waals surface area (Å²) in [6.45, 7) is 1.85. The first-order valence-corrected chi connectivity index (χ1v) is 6.01. The van der Waals surface area contributed by atoms with Crippen molar-refractivity contribution in [3.63, 3.8) is 0 Å². The zero-order valence-electron chi connectivity index (χ0n) is 9.30. The number of benzene rings is 1. The van der Waals surface area contributed by atoms with Crippen molar-refractivity contribution >= 4 is 15.9 Å². The highest BCUT2D eigenvalue weighted by Crippen LogP contribution is 2.40. The van der Waals surface area contributed by atoms with E-state index in [0.29, 0.717) is 23.2 Å². The molecule has 94 valence electrons. The molecule has 1 saturated heterocycles. The van der Waals surface area contributed by atoms with E-state index in [1.165, 1.54) is 7.11 Å². The van der Waals surface area contributed by atoms with Gasteiger partial charge in [0.15, 0.2) is 11.5 Å². The number of hydrogen-bond acceptors (Lipinski definition) is 4. The highest BCUT2D eigenvalue weighted by molar-refractivity contribution is 9.10. The predicted octanol–water partition coefficient (Wildman–Crippen LogP) is 1.96. The van der Waals surface area contributed by atoms with Crippen LogP contribution in [-0.4, -0.2) is 31.9 Å². The van der Waals surface area contributed by atoms with Gasteiger partial charge in [0.25, 0.3) is 0 Å². The maximum Gasteiger partial charge on any atom is 0.208 e. The van der Waals surface area contributed by atoms with Gasteiger partial charge in [-0.2, -0.15) is 4.39 Å². The predicted molar refractivity (Wildman–Crippen MR) is 63.9 cm³/mol. The summed E-state index contributed by atoms with van der Waals surface area (Å²) in [5.74, 6) is -1.19. The number of morpholine rings is 1. The Kier molecular flexibility index (Phi) is 3.86. The van der Waals surface area contributed by atoms with Crippen LogP contribution in [0.3, 0.4) is 0 Å². The van der Waals surface area contributed by atoms with Crippen LogP contribution in [-0.2, 0) is 4.74 Å². The van der Waals surface area contributed by atoms with Crippen LogP contribution in [0.4, 0.5) is 4.39 Å². The molecule has 4 nitrogen and oxygen atoms in total. The molecule has 0 aliphatic carbocycles. The van der Waals surface area contributed by atoms with Crippen molar-refractivity contribution in [1.29, 1.82) is 0 Å². The van der Waals surface area contributed by atoms with Crippen LogP contribution >= 0.6 is 15.9 Å². The Morgan fingerprint density at radius 3 is 3.00 bits per heavy atom. The lowest BCUT2D eigenvalue weighted by Crippen LogP contribution is -2.33. The average Bonchev–Trinajstić information content (AvgIpc) is 2.35. The van der Waals surface area contributed by atoms with Crippen LogP contribution in [0.1, 0.15) is 11.7 Å². The van der Waals surface area contributed by atoms with Gasteiger partial charge in [0.1, 0.15) is 0 Å². The van der Waals surface area contributed by atoms with Crippen molar-refractivity contribution < 1.29 is 19.0 Å². The summed E-state index contributed by atoms with van der Waals surface area (Å²) < 4.78 is 24.6. The van der Waals surface area contributed by atoms with Crippen LogP contribution in [0.15, 0.2) is 10.5 Å². The van der Waals surface area contributed by atoms with Gasteiger partial charge in [-0.15, -0.1) is 0 Å². The van der Waals surface area contributed by atoms with Crippen LogP contribution in [0.5, 0.6) is 11.5 Å². The molecule has 1 aliphatic heterocycles. The smallest absolute Gasteiger partial charge is 0.208 e. The number of methoxy groups -OCH3 is 1. The van der Waals surface area contributed by atoms with Gasteiger partial charge in [0.05, 0.1) is 24.3 Å². The number of nitrogens with one attached hydrogen (secondary N) is 1. The van der Waals surface area contributed by atoms with Gasteiger partial charge >= 0.3 is 0 Å². The minimum atomic E-state index is -0.772. The highest BCUT2D eigenvalue weighted by Gasteiger charge is 2.24. The molecule has 0 radical (unpaired) electrons. The van der Waals surface area contributed by atoms with Gasteiger partial charge in [0.2, 0.25) is 5.82 Å². The number of hydrogen-bond donors (Lipinski definition) is 2. The van der Waals surface area contributed by atoms with Gasteiger partial charge < -0.3 is 19.9 Å². The first kappa shape index (κ1) is 12.6. The van der Waals surface area contributed by atoms with Crippen molar-refractivity contribution in [3.05, 3.63) is 21.9 Å². The Labute approximate surface area is 107 Å². The largest absolute Gasteiger partial charge is 0.504 e. The Bertz CT molecular complexity index is 422.